The lowest BCUT2D eigenvalue weighted by atomic mass is 9.96. The standard InChI is InChI=1S/C21H22F3N5OS/c1-12-15(13(2)28-27-12)9-19(30)29-7-3-5-14(11-29)20-25-16(17-6-4-8-31-17)10-18(26-20)21(22,23)24/h4,6,8,10,14H,3,5,7,9,11H2,1-2H3,(H,27,28). The minimum Gasteiger partial charge on any atom is -0.342 e. The van der Waals surface area contributed by atoms with Crippen LogP contribution in [0.3, 0.4) is 0 Å². The van der Waals surface area contributed by atoms with E-state index in [4.69, 9.17) is 0 Å². The van der Waals surface area contributed by atoms with Gasteiger partial charge in [0.15, 0.2) is 0 Å². The lowest BCUT2D eigenvalue weighted by Crippen LogP contribution is -2.40. The SMILES string of the molecule is Cc1n[nH]c(C)c1CC(=O)N1CCCC(c2nc(-c3cccs3)cc(C(F)(F)F)n2)C1. The molecule has 10 heteroatoms. The van der Waals surface area contributed by atoms with Gasteiger partial charge in [0.2, 0.25) is 5.91 Å². The van der Waals surface area contributed by atoms with Crippen molar-refractivity contribution in [1.29, 1.82) is 0 Å². The molecule has 1 saturated heterocycles. The number of aromatic nitrogens is 4. The highest BCUT2D eigenvalue weighted by molar-refractivity contribution is 7.13. The van der Waals surface area contributed by atoms with Crippen LogP contribution in [0, 0.1) is 13.8 Å². The van der Waals surface area contributed by atoms with Crippen LogP contribution < -0.4 is 0 Å². The first-order chi connectivity index (χ1) is 14.7. The van der Waals surface area contributed by atoms with Crippen molar-refractivity contribution in [1.82, 2.24) is 25.1 Å². The number of aromatic amines is 1. The predicted octanol–water partition coefficient (Wildman–Crippen LogP) is 4.51. The molecule has 1 fully saturated rings. The van der Waals surface area contributed by atoms with Gasteiger partial charge in [0, 0.05) is 30.3 Å². The average molecular weight is 450 g/mol. The summed E-state index contributed by atoms with van der Waals surface area (Å²) in [5.41, 5.74) is 1.80. The van der Waals surface area contributed by atoms with E-state index < -0.39 is 11.9 Å². The van der Waals surface area contributed by atoms with Crippen LogP contribution in [0.2, 0.25) is 0 Å². The fourth-order valence-electron chi connectivity index (χ4n) is 3.86. The molecule has 0 bridgehead atoms. The van der Waals surface area contributed by atoms with E-state index in [9.17, 15) is 18.0 Å². The highest BCUT2D eigenvalue weighted by atomic mass is 32.1. The Morgan fingerprint density at radius 3 is 2.77 bits per heavy atom. The number of aryl methyl sites for hydroxylation is 2. The number of hydrogen-bond donors (Lipinski definition) is 1. The summed E-state index contributed by atoms with van der Waals surface area (Å²) in [4.78, 5) is 23.6. The van der Waals surface area contributed by atoms with E-state index in [-0.39, 0.29) is 29.8 Å². The van der Waals surface area contributed by atoms with Crippen LogP contribution in [0.1, 0.15) is 47.2 Å². The monoisotopic (exact) mass is 449 g/mol. The molecule has 1 amide bonds. The molecule has 1 atom stereocenters. The van der Waals surface area contributed by atoms with Crippen LogP contribution in [0.25, 0.3) is 10.6 Å². The van der Waals surface area contributed by atoms with Crippen LogP contribution >= 0.6 is 11.3 Å². The Kier molecular flexibility index (Phi) is 5.83. The molecule has 1 N–H and O–H groups in total. The van der Waals surface area contributed by atoms with Crippen LogP contribution in [0.15, 0.2) is 23.6 Å². The highest BCUT2D eigenvalue weighted by Gasteiger charge is 2.35. The molecule has 4 rings (SSSR count). The van der Waals surface area contributed by atoms with Crippen LogP contribution in [-0.2, 0) is 17.4 Å². The van der Waals surface area contributed by atoms with Gasteiger partial charge in [-0.2, -0.15) is 18.3 Å². The second-order valence-corrected chi connectivity index (χ2v) is 8.69. The van der Waals surface area contributed by atoms with Crippen molar-refractivity contribution in [3.8, 4) is 10.6 Å². The molecular weight excluding hydrogens is 427 g/mol. The molecule has 0 aliphatic carbocycles. The van der Waals surface area contributed by atoms with Crippen molar-refractivity contribution in [2.24, 2.45) is 0 Å². The number of likely N-dealkylation sites (tertiary alicyclic amines) is 1. The molecule has 1 aliphatic heterocycles. The zero-order valence-corrected chi connectivity index (χ0v) is 18.0. The largest absolute Gasteiger partial charge is 0.433 e. The van der Waals surface area contributed by atoms with Gasteiger partial charge in [0.25, 0.3) is 0 Å². The third-order valence-corrected chi connectivity index (χ3v) is 6.45. The first kappa shape index (κ1) is 21.5. The second kappa shape index (κ2) is 8.41. The number of hydrogen-bond acceptors (Lipinski definition) is 5. The van der Waals surface area contributed by atoms with Gasteiger partial charge in [-0.05, 0) is 44.2 Å². The number of carbonyl (C=O) groups is 1. The Morgan fingerprint density at radius 1 is 1.32 bits per heavy atom. The Morgan fingerprint density at radius 2 is 2.13 bits per heavy atom. The number of nitrogens with zero attached hydrogens (tertiary/aromatic N) is 4. The van der Waals surface area contributed by atoms with Gasteiger partial charge >= 0.3 is 6.18 Å². The molecule has 0 aromatic carbocycles. The Hall–Kier alpha value is -2.75. The molecular formula is C21H22F3N5OS. The third kappa shape index (κ3) is 4.63. The summed E-state index contributed by atoms with van der Waals surface area (Å²) in [6.45, 7) is 4.58. The van der Waals surface area contributed by atoms with Crippen molar-refractivity contribution < 1.29 is 18.0 Å². The maximum absolute atomic E-state index is 13.5. The maximum Gasteiger partial charge on any atom is 0.433 e. The summed E-state index contributed by atoms with van der Waals surface area (Å²) in [6, 6.07) is 4.50. The molecule has 31 heavy (non-hydrogen) atoms. The highest BCUT2D eigenvalue weighted by Crippen LogP contribution is 2.34. The van der Waals surface area contributed by atoms with Crippen LogP contribution in [0.4, 0.5) is 13.2 Å². The van der Waals surface area contributed by atoms with Crippen molar-refractivity contribution >= 4 is 17.2 Å². The zero-order valence-electron chi connectivity index (χ0n) is 17.2. The topological polar surface area (TPSA) is 74.8 Å². The van der Waals surface area contributed by atoms with E-state index in [0.29, 0.717) is 30.8 Å². The zero-order chi connectivity index (χ0) is 22.2. The van der Waals surface area contributed by atoms with Gasteiger partial charge in [0.1, 0.15) is 11.5 Å². The Labute approximate surface area is 181 Å². The molecule has 3 aromatic rings. The first-order valence-electron chi connectivity index (χ1n) is 10.0. The van der Waals surface area contributed by atoms with E-state index in [1.165, 1.54) is 11.3 Å². The molecule has 0 spiro atoms. The number of H-pyrrole nitrogens is 1. The van der Waals surface area contributed by atoms with E-state index in [1.54, 1.807) is 22.4 Å². The van der Waals surface area contributed by atoms with Gasteiger partial charge in [0.05, 0.1) is 22.7 Å². The summed E-state index contributed by atoms with van der Waals surface area (Å²) in [5, 5.41) is 8.79. The van der Waals surface area contributed by atoms with E-state index in [0.717, 1.165) is 23.0 Å². The molecule has 164 valence electrons. The number of amides is 1. The van der Waals surface area contributed by atoms with Crippen molar-refractivity contribution in [2.45, 2.75) is 45.2 Å². The minimum atomic E-state index is -4.57. The molecule has 4 heterocycles. The maximum atomic E-state index is 13.5. The lowest BCUT2D eigenvalue weighted by Gasteiger charge is -2.32. The molecule has 1 aliphatic rings. The smallest absolute Gasteiger partial charge is 0.342 e. The normalized spacial score (nSPS) is 17.2. The molecule has 1 unspecified atom stereocenters. The number of piperidine rings is 1. The fourth-order valence-corrected chi connectivity index (χ4v) is 4.54. The summed E-state index contributed by atoms with van der Waals surface area (Å²) in [7, 11) is 0. The summed E-state index contributed by atoms with van der Waals surface area (Å²) in [5.74, 6) is -0.264. The molecule has 0 radical (unpaired) electrons. The Bertz CT molecular complexity index is 1060. The lowest BCUT2D eigenvalue weighted by molar-refractivity contribution is -0.141. The van der Waals surface area contributed by atoms with Gasteiger partial charge in [-0.3, -0.25) is 9.89 Å². The third-order valence-electron chi connectivity index (χ3n) is 5.56. The average Bonchev–Trinajstić information content (AvgIpc) is 3.39. The molecule has 6 nitrogen and oxygen atoms in total. The second-order valence-electron chi connectivity index (χ2n) is 7.74. The van der Waals surface area contributed by atoms with Gasteiger partial charge < -0.3 is 4.90 Å². The van der Waals surface area contributed by atoms with Gasteiger partial charge in [-0.25, -0.2) is 9.97 Å². The van der Waals surface area contributed by atoms with Crippen molar-refractivity contribution in [3.63, 3.8) is 0 Å². The number of alkyl halides is 3. The van der Waals surface area contributed by atoms with E-state index in [2.05, 4.69) is 20.2 Å². The number of rotatable bonds is 4. The van der Waals surface area contributed by atoms with Crippen LogP contribution in [0.5, 0.6) is 0 Å². The fraction of sp³-hybridized carbons (Fsp3) is 0.429. The molecule has 3 aromatic heterocycles. The number of halogens is 3. The molecule has 0 saturated carbocycles. The summed E-state index contributed by atoms with van der Waals surface area (Å²) < 4.78 is 40.5. The van der Waals surface area contributed by atoms with Gasteiger partial charge in [-0.15, -0.1) is 11.3 Å². The van der Waals surface area contributed by atoms with Crippen LogP contribution in [-0.4, -0.2) is 44.1 Å². The summed E-state index contributed by atoms with van der Waals surface area (Å²) in [6.07, 6.45) is -3.03. The minimum absolute atomic E-state index is 0.0669. The Balaban J connectivity index is 1.59. The summed E-state index contributed by atoms with van der Waals surface area (Å²) >= 11 is 1.33. The van der Waals surface area contributed by atoms with Crippen molar-refractivity contribution in [2.75, 3.05) is 13.1 Å². The quantitative estimate of drug-likeness (QED) is 0.636. The number of thiophene rings is 1. The first-order valence-corrected chi connectivity index (χ1v) is 10.9. The van der Waals surface area contributed by atoms with Gasteiger partial charge in [-0.1, -0.05) is 6.07 Å². The number of carbonyl (C=O) groups excluding carboxylic acids is 1. The number of nitrogens with one attached hydrogen (secondary N) is 1. The van der Waals surface area contributed by atoms with E-state index >= 15 is 0 Å². The van der Waals surface area contributed by atoms with Crippen molar-refractivity contribution in [3.05, 3.63) is 52.0 Å². The van der Waals surface area contributed by atoms with E-state index in [1.807, 2.05) is 13.8 Å². The predicted molar refractivity (Wildman–Crippen MR) is 111 cm³/mol.